The first-order chi connectivity index (χ1) is 14.7. The third-order valence-corrected chi connectivity index (χ3v) is 6.83. The Morgan fingerprint density at radius 1 is 0.633 bits per heavy atom. The first-order valence-electron chi connectivity index (χ1n) is 13.8. The number of imidazole rings is 1. The molecule has 0 aliphatic carbocycles. The molecule has 2 atom stereocenters. The molecule has 1 aromatic rings. The summed E-state index contributed by atoms with van der Waals surface area (Å²) in [5, 5.41) is 0. The van der Waals surface area contributed by atoms with Crippen LogP contribution < -0.4 is 0 Å². The molecule has 0 saturated heterocycles. The highest BCUT2D eigenvalue weighted by atomic mass is 15.1. The van der Waals surface area contributed by atoms with Crippen molar-refractivity contribution in [2.24, 2.45) is 0 Å². The third kappa shape index (κ3) is 12.2. The summed E-state index contributed by atoms with van der Waals surface area (Å²) in [5.41, 5.74) is 0. The molecule has 0 bridgehead atoms. The van der Waals surface area contributed by atoms with Crippen LogP contribution in [0.15, 0.2) is 12.4 Å². The molecule has 2 nitrogen and oxygen atoms in total. The van der Waals surface area contributed by atoms with Crippen LogP contribution in [0.4, 0.5) is 0 Å². The Balaban J connectivity index is 2.53. The summed E-state index contributed by atoms with van der Waals surface area (Å²) in [6, 6.07) is 0.593. The molecule has 0 aliphatic heterocycles. The summed E-state index contributed by atoms with van der Waals surface area (Å²) >= 11 is 0. The smallest absolute Gasteiger partial charge is 0.111 e. The largest absolute Gasteiger partial charge is 0.332 e. The Morgan fingerprint density at radius 2 is 1.07 bits per heavy atom. The van der Waals surface area contributed by atoms with Gasteiger partial charge in [0.1, 0.15) is 5.82 Å². The van der Waals surface area contributed by atoms with Crippen molar-refractivity contribution in [3.63, 3.8) is 0 Å². The van der Waals surface area contributed by atoms with E-state index < -0.39 is 0 Å². The minimum Gasteiger partial charge on any atom is -0.332 e. The van der Waals surface area contributed by atoms with Gasteiger partial charge in [-0.25, -0.2) is 4.98 Å². The Bertz CT molecular complexity index is 479. The lowest BCUT2D eigenvalue weighted by Crippen LogP contribution is -2.13. The molecular formula is C28H54N2. The fraction of sp³-hybridized carbons (Fsp3) is 0.893. The lowest BCUT2D eigenvalue weighted by atomic mass is 9.93. The second-order valence-electron chi connectivity index (χ2n) is 9.70. The van der Waals surface area contributed by atoms with Crippen molar-refractivity contribution in [2.75, 3.05) is 0 Å². The molecule has 2 unspecified atom stereocenters. The van der Waals surface area contributed by atoms with Crippen LogP contribution in [0.3, 0.4) is 0 Å². The zero-order valence-electron chi connectivity index (χ0n) is 21.1. The second-order valence-corrected chi connectivity index (χ2v) is 9.70. The molecule has 1 aromatic heterocycles. The Kier molecular flexibility index (Phi) is 17.2. The number of unbranched alkanes of at least 4 members (excludes halogenated alkanes) is 13. The lowest BCUT2D eigenvalue weighted by Gasteiger charge is -2.22. The first-order valence-corrected chi connectivity index (χ1v) is 13.8. The van der Waals surface area contributed by atoms with Crippen LogP contribution in [0.5, 0.6) is 0 Å². The standard InChI is InChI=1S/C28H54N2/c1-5-8-11-13-14-15-17-20-23-27(22-19-16-12-9-6-2)28-29-24-25-30(28)26(4)21-18-10-7-3/h24-27H,5-23H2,1-4H3. The normalized spacial score (nSPS) is 13.6. The lowest BCUT2D eigenvalue weighted by molar-refractivity contribution is 0.415. The highest BCUT2D eigenvalue weighted by Crippen LogP contribution is 2.30. The zero-order chi connectivity index (χ0) is 21.9. The molecule has 0 aromatic carbocycles. The van der Waals surface area contributed by atoms with Crippen LogP contribution in [-0.4, -0.2) is 9.55 Å². The van der Waals surface area contributed by atoms with Gasteiger partial charge < -0.3 is 4.57 Å². The summed E-state index contributed by atoms with van der Waals surface area (Å²) in [5.74, 6) is 2.05. The Labute approximate surface area is 189 Å². The van der Waals surface area contributed by atoms with Crippen molar-refractivity contribution in [3.05, 3.63) is 18.2 Å². The number of aromatic nitrogens is 2. The second kappa shape index (κ2) is 18.9. The molecule has 2 heteroatoms. The summed E-state index contributed by atoms with van der Waals surface area (Å²) < 4.78 is 2.52. The SMILES string of the molecule is CCCCCCCCCCC(CCCCCCC)c1nccn1C(C)CCCCC. The van der Waals surface area contributed by atoms with Crippen molar-refractivity contribution >= 4 is 0 Å². The predicted molar refractivity (Wildman–Crippen MR) is 134 cm³/mol. The molecule has 1 heterocycles. The van der Waals surface area contributed by atoms with Crippen LogP contribution in [0.2, 0.25) is 0 Å². The first kappa shape index (κ1) is 27.2. The highest BCUT2D eigenvalue weighted by Gasteiger charge is 2.19. The van der Waals surface area contributed by atoms with Gasteiger partial charge in [-0.15, -0.1) is 0 Å². The van der Waals surface area contributed by atoms with E-state index in [1.165, 1.54) is 128 Å². The fourth-order valence-corrected chi connectivity index (χ4v) is 4.76. The van der Waals surface area contributed by atoms with E-state index in [0.717, 1.165) is 0 Å². The average Bonchev–Trinajstić information content (AvgIpc) is 3.24. The molecule has 0 amide bonds. The maximum absolute atomic E-state index is 4.89. The van der Waals surface area contributed by atoms with Gasteiger partial charge in [0.25, 0.3) is 0 Å². The van der Waals surface area contributed by atoms with Crippen molar-refractivity contribution in [3.8, 4) is 0 Å². The van der Waals surface area contributed by atoms with E-state index in [0.29, 0.717) is 12.0 Å². The van der Waals surface area contributed by atoms with Crippen LogP contribution in [-0.2, 0) is 0 Å². The van der Waals surface area contributed by atoms with Gasteiger partial charge in [-0.3, -0.25) is 0 Å². The number of rotatable bonds is 21. The van der Waals surface area contributed by atoms with Gasteiger partial charge in [-0.05, 0) is 26.2 Å². The van der Waals surface area contributed by atoms with E-state index in [1.807, 2.05) is 0 Å². The minimum atomic E-state index is 0.593. The number of nitrogens with zero attached hydrogens (tertiary/aromatic N) is 2. The Morgan fingerprint density at radius 3 is 1.60 bits per heavy atom. The topological polar surface area (TPSA) is 17.8 Å². The van der Waals surface area contributed by atoms with Gasteiger partial charge in [0, 0.05) is 24.4 Å². The van der Waals surface area contributed by atoms with Crippen molar-refractivity contribution < 1.29 is 0 Å². The van der Waals surface area contributed by atoms with E-state index in [2.05, 4.69) is 44.7 Å². The summed E-state index contributed by atoms with van der Waals surface area (Å²) in [6.45, 7) is 9.31. The van der Waals surface area contributed by atoms with E-state index >= 15 is 0 Å². The van der Waals surface area contributed by atoms with Crippen molar-refractivity contribution in [1.82, 2.24) is 9.55 Å². The van der Waals surface area contributed by atoms with Crippen LogP contribution in [0.1, 0.15) is 167 Å². The molecule has 1 rings (SSSR count). The van der Waals surface area contributed by atoms with E-state index in [-0.39, 0.29) is 0 Å². The van der Waals surface area contributed by atoms with Crippen LogP contribution in [0, 0.1) is 0 Å². The van der Waals surface area contributed by atoms with Crippen molar-refractivity contribution in [2.45, 2.75) is 162 Å². The number of hydrogen-bond acceptors (Lipinski definition) is 1. The number of hydrogen-bond donors (Lipinski definition) is 0. The predicted octanol–water partition coefficient (Wildman–Crippen LogP) is 10.00. The molecule has 0 spiro atoms. The summed E-state index contributed by atoms with van der Waals surface area (Å²) in [4.78, 5) is 4.89. The molecular weight excluding hydrogens is 364 g/mol. The van der Waals surface area contributed by atoms with Gasteiger partial charge >= 0.3 is 0 Å². The van der Waals surface area contributed by atoms with Gasteiger partial charge in [0.05, 0.1) is 0 Å². The molecule has 0 aliphatic rings. The van der Waals surface area contributed by atoms with Gasteiger partial charge in [-0.1, -0.05) is 124 Å². The van der Waals surface area contributed by atoms with Gasteiger partial charge in [0.15, 0.2) is 0 Å². The van der Waals surface area contributed by atoms with E-state index in [4.69, 9.17) is 4.98 Å². The van der Waals surface area contributed by atoms with Crippen LogP contribution in [0.25, 0.3) is 0 Å². The maximum atomic E-state index is 4.89. The van der Waals surface area contributed by atoms with Gasteiger partial charge in [0.2, 0.25) is 0 Å². The van der Waals surface area contributed by atoms with Crippen molar-refractivity contribution in [1.29, 1.82) is 0 Å². The van der Waals surface area contributed by atoms with E-state index in [1.54, 1.807) is 0 Å². The minimum absolute atomic E-state index is 0.593. The summed E-state index contributed by atoms with van der Waals surface area (Å²) in [7, 11) is 0. The molecule has 176 valence electrons. The summed E-state index contributed by atoms with van der Waals surface area (Å²) in [6.07, 6.45) is 30.5. The molecule has 0 radical (unpaired) electrons. The molecule has 30 heavy (non-hydrogen) atoms. The van der Waals surface area contributed by atoms with E-state index in [9.17, 15) is 0 Å². The average molecular weight is 419 g/mol. The molecule has 0 fully saturated rings. The Hall–Kier alpha value is -0.790. The molecule has 0 saturated carbocycles. The highest BCUT2D eigenvalue weighted by molar-refractivity contribution is 5.02. The fourth-order valence-electron chi connectivity index (χ4n) is 4.76. The zero-order valence-corrected chi connectivity index (χ0v) is 21.1. The molecule has 0 N–H and O–H groups in total. The monoisotopic (exact) mass is 418 g/mol. The maximum Gasteiger partial charge on any atom is 0.111 e. The van der Waals surface area contributed by atoms with Gasteiger partial charge in [-0.2, -0.15) is 0 Å². The van der Waals surface area contributed by atoms with Crippen LogP contribution >= 0.6 is 0 Å². The third-order valence-electron chi connectivity index (χ3n) is 6.83. The quantitative estimate of drug-likeness (QED) is 0.182.